The molecule has 120 valence electrons. The van der Waals surface area contributed by atoms with E-state index in [1.165, 1.54) is 0 Å². The molecule has 2 aromatic carbocycles. The van der Waals surface area contributed by atoms with Crippen LogP contribution in [0.25, 0.3) is 5.69 Å². The maximum absolute atomic E-state index is 9.45. The Bertz CT molecular complexity index is 879. The van der Waals surface area contributed by atoms with Gasteiger partial charge in [-0.2, -0.15) is 10.4 Å². The van der Waals surface area contributed by atoms with E-state index in [0.29, 0.717) is 22.7 Å². The molecule has 0 unspecified atom stereocenters. The molecule has 24 heavy (non-hydrogen) atoms. The predicted octanol–water partition coefficient (Wildman–Crippen LogP) is 3.12. The lowest BCUT2D eigenvalue weighted by atomic mass is 10.2. The van der Waals surface area contributed by atoms with Crippen molar-refractivity contribution in [3.63, 3.8) is 0 Å². The van der Waals surface area contributed by atoms with Crippen LogP contribution >= 0.6 is 0 Å². The summed E-state index contributed by atoms with van der Waals surface area (Å²) in [6, 6.07) is 19.1. The first-order chi connectivity index (χ1) is 11.7. The highest BCUT2D eigenvalue weighted by atomic mass is 16.5. The number of benzene rings is 2. The van der Waals surface area contributed by atoms with Gasteiger partial charge in [0.2, 0.25) is 0 Å². The fraction of sp³-hybridized carbons (Fsp3) is 0.158. The summed E-state index contributed by atoms with van der Waals surface area (Å²) < 4.78 is 7.57. The van der Waals surface area contributed by atoms with E-state index in [-0.39, 0.29) is 13.2 Å². The molecular formula is C19H17N3O2. The highest BCUT2D eigenvalue weighted by Crippen LogP contribution is 2.21. The zero-order valence-corrected chi connectivity index (χ0v) is 13.3. The molecule has 5 nitrogen and oxygen atoms in total. The molecular weight excluding hydrogens is 302 g/mol. The van der Waals surface area contributed by atoms with Crippen molar-refractivity contribution < 1.29 is 9.84 Å². The van der Waals surface area contributed by atoms with Crippen LogP contribution in [-0.2, 0) is 13.2 Å². The smallest absolute Gasteiger partial charge is 0.132 e. The topological polar surface area (TPSA) is 71.1 Å². The van der Waals surface area contributed by atoms with Crippen LogP contribution in [0.2, 0.25) is 0 Å². The summed E-state index contributed by atoms with van der Waals surface area (Å²) in [5.41, 5.74) is 3.56. The molecule has 0 amide bonds. The van der Waals surface area contributed by atoms with Crippen molar-refractivity contribution in [2.45, 2.75) is 20.1 Å². The molecule has 0 aliphatic rings. The second-order valence-corrected chi connectivity index (χ2v) is 5.36. The summed E-state index contributed by atoms with van der Waals surface area (Å²) in [5.74, 6) is 0.643. The number of aliphatic hydroxyl groups excluding tert-OH is 1. The monoisotopic (exact) mass is 319 g/mol. The standard InChI is InChI=1S/C19H17N3O2/c1-14-18(11-20)19(22(21-14)16-7-3-2-4-8-16)13-24-17-9-5-6-15(10-17)12-23/h2-10,23H,12-13H2,1H3. The minimum Gasteiger partial charge on any atom is -0.487 e. The lowest BCUT2D eigenvalue weighted by molar-refractivity contribution is 0.276. The molecule has 1 N–H and O–H groups in total. The maximum Gasteiger partial charge on any atom is 0.132 e. The van der Waals surface area contributed by atoms with E-state index in [1.54, 1.807) is 10.7 Å². The summed E-state index contributed by atoms with van der Waals surface area (Å²) in [6.45, 7) is 1.99. The minimum absolute atomic E-state index is 0.0400. The fourth-order valence-corrected chi connectivity index (χ4v) is 2.52. The number of rotatable bonds is 5. The molecule has 0 atom stereocenters. The van der Waals surface area contributed by atoms with E-state index in [0.717, 1.165) is 11.3 Å². The van der Waals surface area contributed by atoms with Gasteiger partial charge in [0.25, 0.3) is 0 Å². The van der Waals surface area contributed by atoms with Gasteiger partial charge in [-0.3, -0.25) is 0 Å². The highest BCUT2D eigenvalue weighted by Gasteiger charge is 2.16. The lowest BCUT2D eigenvalue weighted by Gasteiger charge is -2.10. The van der Waals surface area contributed by atoms with Gasteiger partial charge in [0.05, 0.1) is 23.7 Å². The Morgan fingerprint density at radius 2 is 1.96 bits per heavy atom. The first kappa shape index (κ1) is 15.8. The van der Waals surface area contributed by atoms with Crippen LogP contribution in [0, 0.1) is 18.3 Å². The van der Waals surface area contributed by atoms with Crippen LogP contribution in [0.15, 0.2) is 54.6 Å². The SMILES string of the molecule is Cc1nn(-c2ccccc2)c(COc2cccc(CO)c2)c1C#N. The molecule has 1 heterocycles. The highest BCUT2D eigenvalue weighted by molar-refractivity contribution is 5.43. The Kier molecular flexibility index (Phi) is 4.59. The number of aliphatic hydroxyl groups is 1. The van der Waals surface area contributed by atoms with Gasteiger partial charge in [-0.05, 0) is 36.8 Å². The molecule has 0 fully saturated rings. The fourth-order valence-electron chi connectivity index (χ4n) is 2.52. The van der Waals surface area contributed by atoms with Crippen molar-refractivity contribution in [1.82, 2.24) is 9.78 Å². The number of aryl methyl sites for hydroxylation is 1. The normalized spacial score (nSPS) is 10.4. The van der Waals surface area contributed by atoms with Gasteiger partial charge < -0.3 is 9.84 Å². The maximum atomic E-state index is 9.45. The van der Waals surface area contributed by atoms with Crippen molar-refractivity contribution >= 4 is 0 Å². The van der Waals surface area contributed by atoms with Crippen LogP contribution < -0.4 is 4.74 Å². The van der Waals surface area contributed by atoms with Gasteiger partial charge in [0.15, 0.2) is 0 Å². The molecule has 0 aliphatic heterocycles. The third-order valence-electron chi connectivity index (χ3n) is 3.73. The van der Waals surface area contributed by atoms with E-state index in [2.05, 4.69) is 11.2 Å². The molecule has 3 rings (SSSR count). The van der Waals surface area contributed by atoms with Crippen LogP contribution in [0.1, 0.15) is 22.5 Å². The number of hydrogen-bond acceptors (Lipinski definition) is 4. The molecule has 5 heteroatoms. The average molecular weight is 319 g/mol. The molecule has 0 spiro atoms. The number of nitriles is 1. The van der Waals surface area contributed by atoms with E-state index < -0.39 is 0 Å². The van der Waals surface area contributed by atoms with Crippen LogP contribution in [0.4, 0.5) is 0 Å². The molecule has 0 saturated heterocycles. The molecule has 0 saturated carbocycles. The summed E-state index contributed by atoms with van der Waals surface area (Å²) >= 11 is 0. The number of ether oxygens (including phenoxy) is 1. The third kappa shape index (κ3) is 3.14. The van der Waals surface area contributed by atoms with Crippen LogP contribution in [-0.4, -0.2) is 14.9 Å². The molecule has 0 bridgehead atoms. The van der Waals surface area contributed by atoms with E-state index in [9.17, 15) is 10.4 Å². The van der Waals surface area contributed by atoms with Gasteiger partial charge in [-0.1, -0.05) is 30.3 Å². The third-order valence-corrected chi connectivity index (χ3v) is 3.73. The van der Waals surface area contributed by atoms with Crippen molar-refractivity contribution in [2.24, 2.45) is 0 Å². The Labute approximate surface area is 140 Å². The average Bonchev–Trinajstić information content (AvgIpc) is 2.96. The second kappa shape index (κ2) is 6.99. The first-order valence-electron chi connectivity index (χ1n) is 7.59. The summed E-state index contributed by atoms with van der Waals surface area (Å²) in [6.07, 6.45) is 0. The quantitative estimate of drug-likeness (QED) is 0.784. The Balaban J connectivity index is 1.93. The Hall–Kier alpha value is -3.10. The largest absolute Gasteiger partial charge is 0.487 e. The Morgan fingerprint density at radius 1 is 1.17 bits per heavy atom. The van der Waals surface area contributed by atoms with Gasteiger partial charge in [0, 0.05) is 0 Å². The zero-order valence-electron chi connectivity index (χ0n) is 13.3. The first-order valence-corrected chi connectivity index (χ1v) is 7.59. The van der Waals surface area contributed by atoms with Crippen molar-refractivity contribution in [3.05, 3.63) is 77.1 Å². The van der Waals surface area contributed by atoms with Gasteiger partial charge in [-0.25, -0.2) is 4.68 Å². The van der Waals surface area contributed by atoms with Gasteiger partial charge in [0.1, 0.15) is 24.0 Å². The summed E-state index contributed by atoms with van der Waals surface area (Å²) in [7, 11) is 0. The van der Waals surface area contributed by atoms with Gasteiger partial charge in [-0.15, -0.1) is 0 Å². The molecule has 3 aromatic rings. The van der Waals surface area contributed by atoms with Crippen molar-refractivity contribution in [3.8, 4) is 17.5 Å². The van der Waals surface area contributed by atoms with Crippen LogP contribution in [0.5, 0.6) is 5.75 Å². The number of para-hydroxylation sites is 1. The molecule has 0 aliphatic carbocycles. The summed E-state index contributed by atoms with van der Waals surface area (Å²) in [4.78, 5) is 0. The lowest BCUT2D eigenvalue weighted by Crippen LogP contribution is -2.07. The van der Waals surface area contributed by atoms with E-state index >= 15 is 0 Å². The number of nitrogens with zero attached hydrogens (tertiary/aromatic N) is 3. The van der Waals surface area contributed by atoms with Crippen molar-refractivity contribution in [2.75, 3.05) is 0 Å². The minimum atomic E-state index is -0.0400. The predicted molar refractivity (Wildman–Crippen MR) is 89.7 cm³/mol. The Morgan fingerprint density at radius 3 is 2.67 bits per heavy atom. The van der Waals surface area contributed by atoms with Crippen molar-refractivity contribution in [1.29, 1.82) is 5.26 Å². The van der Waals surface area contributed by atoms with Crippen LogP contribution in [0.3, 0.4) is 0 Å². The zero-order chi connectivity index (χ0) is 16.9. The number of hydrogen-bond donors (Lipinski definition) is 1. The van der Waals surface area contributed by atoms with Gasteiger partial charge >= 0.3 is 0 Å². The van der Waals surface area contributed by atoms with E-state index in [4.69, 9.17) is 4.74 Å². The number of aromatic nitrogens is 2. The molecule has 1 aromatic heterocycles. The summed E-state index contributed by atoms with van der Waals surface area (Å²) in [5, 5.41) is 23.1. The molecule has 0 radical (unpaired) electrons. The second-order valence-electron chi connectivity index (χ2n) is 5.36. The van der Waals surface area contributed by atoms with E-state index in [1.807, 2.05) is 55.5 Å².